The molecule has 3 atom stereocenters. The van der Waals surface area contributed by atoms with Crippen LogP contribution in [0.2, 0.25) is 0 Å². The van der Waals surface area contributed by atoms with Gasteiger partial charge in [0.15, 0.2) is 6.61 Å². The third-order valence-corrected chi connectivity index (χ3v) is 5.66. The average Bonchev–Trinajstić information content (AvgIpc) is 3.17. The molecule has 1 amide bonds. The van der Waals surface area contributed by atoms with E-state index in [1.54, 1.807) is 0 Å². The molecule has 4 nitrogen and oxygen atoms in total. The third kappa shape index (κ3) is 4.37. The highest BCUT2D eigenvalue weighted by Crippen LogP contribution is 2.49. The number of carbonyl (C=O) groups is 2. The molecule has 0 spiro atoms. The number of rotatable bonds is 7. The lowest BCUT2D eigenvalue weighted by Gasteiger charge is -2.20. The van der Waals surface area contributed by atoms with Crippen LogP contribution in [0.15, 0.2) is 24.3 Å². The molecule has 0 radical (unpaired) electrons. The standard InChI is InChI=1S/C20H27NO3/c1-14-4-2-3-5-16(14)8-9-21-19(22)13-24-20(23)12-18-11-15-6-7-17(18)10-15/h2-5,15,17-18H,6-13H2,1H3,(H,21,22)/t15-,17+,18-/m0/s1. The number of aryl methyl sites for hydroxylation is 1. The van der Waals surface area contributed by atoms with Crippen molar-refractivity contribution in [1.82, 2.24) is 5.32 Å². The normalized spacial score (nSPS) is 24.8. The molecular weight excluding hydrogens is 302 g/mol. The van der Waals surface area contributed by atoms with Crippen LogP contribution in [0.5, 0.6) is 0 Å². The first kappa shape index (κ1) is 17.0. The minimum Gasteiger partial charge on any atom is -0.456 e. The van der Waals surface area contributed by atoms with Crippen LogP contribution >= 0.6 is 0 Å². The molecule has 1 aromatic carbocycles. The fourth-order valence-electron chi connectivity index (χ4n) is 4.32. The number of carbonyl (C=O) groups excluding carboxylic acids is 2. The van der Waals surface area contributed by atoms with Gasteiger partial charge in [-0.25, -0.2) is 0 Å². The van der Waals surface area contributed by atoms with Gasteiger partial charge < -0.3 is 10.1 Å². The summed E-state index contributed by atoms with van der Waals surface area (Å²) < 4.78 is 5.15. The quantitative estimate of drug-likeness (QED) is 0.782. The molecule has 2 fully saturated rings. The highest BCUT2D eigenvalue weighted by molar-refractivity contribution is 5.80. The monoisotopic (exact) mass is 329 g/mol. The summed E-state index contributed by atoms with van der Waals surface area (Å²) in [5, 5.41) is 2.82. The van der Waals surface area contributed by atoms with Crippen LogP contribution in [0.25, 0.3) is 0 Å². The summed E-state index contributed by atoms with van der Waals surface area (Å²) in [6.07, 6.45) is 6.33. The van der Waals surface area contributed by atoms with Crippen molar-refractivity contribution in [1.29, 1.82) is 0 Å². The van der Waals surface area contributed by atoms with Crippen molar-refractivity contribution in [3.8, 4) is 0 Å². The molecule has 24 heavy (non-hydrogen) atoms. The Morgan fingerprint density at radius 2 is 2.04 bits per heavy atom. The van der Waals surface area contributed by atoms with Crippen LogP contribution in [-0.2, 0) is 20.7 Å². The van der Waals surface area contributed by atoms with Crippen LogP contribution in [0.1, 0.15) is 43.2 Å². The summed E-state index contributed by atoms with van der Waals surface area (Å²) in [5.41, 5.74) is 2.45. The second kappa shape index (κ2) is 7.82. The largest absolute Gasteiger partial charge is 0.456 e. The van der Waals surface area contributed by atoms with Gasteiger partial charge in [-0.05, 0) is 61.5 Å². The molecule has 0 heterocycles. The zero-order chi connectivity index (χ0) is 16.9. The smallest absolute Gasteiger partial charge is 0.306 e. The third-order valence-electron chi connectivity index (χ3n) is 5.66. The Hall–Kier alpha value is -1.84. The summed E-state index contributed by atoms with van der Waals surface area (Å²) in [7, 11) is 0. The van der Waals surface area contributed by atoms with E-state index in [4.69, 9.17) is 4.74 Å². The maximum absolute atomic E-state index is 11.9. The Balaban J connectivity index is 1.31. The maximum Gasteiger partial charge on any atom is 0.306 e. The predicted molar refractivity (Wildman–Crippen MR) is 92.4 cm³/mol. The molecule has 130 valence electrons. The fraction of sp³-hybridized carbons (Fsp3) is 0.600. The number of nitrogens with one attached hydrogen (secondary N) is 1. The molecule has 2 saturated carbocycles. The van der Waals surface area contributed by atoms with Crippen molar-refractivity contribution in [2.75, 3.05) is 13.2 Å². The molecular formula is C20H27NO3. The number of hydrogen-bond acceptors (Lipinski definition) is 3. The average molecular weight is 329 g/mol. The van der Waals surface area contributed by atoms with Gasteiger partial charge in [0.2, 0.25) is 0 Å². The van der Waals surface area contributed by atoms with Gasteiger partial charge in [-0.2, -0.15) is 0 Å². The number of amides is 1. The van der Waals surface area contributed by atoms with Gasteiger partial charge in [-0.3, -0.25) is 9.59 Å². The first-order valence-corrected chi connectivity index (χ1v) is 9.08. The van der Waals surface area contributed by atoms with E-state index >= 15 is 0 Å². The number of ether oxygens (including phenoxy) is 1. The highest BCUT2D eigenvalue weighted by Gasteiger charge is 2.40. The van der Waals surface area contributed by atoms with Crippen LogP contribution in [0, 0.1) is 24.7 Å². The van der Waals surface area contributed by atoms with Crippen LogP contribution in [0.4, 0.5) is 0 Å². The second-order valence-electron chi connectivity index (χ2n) is 7.33. The van der Waals surface area contributed by atoms with E-state index in [-0.39, 0.29) is 18.5 Å². The van der Waals surface area contributed by atoms with Crippen LogP contribution in [0.3, 0.4) is 0 Å². The second-order valence-corrected chi connectivity index (χ2v) is 7.33. The van der Waals surface area contributed by atoms with E-state index in [1.807, 2.05) is 12.1 Å². The number of fused-ring (bicyclic) bond motifs is 2. The molecule has 1 N–H and O–H groups in total. The molecule has 0 unspecified atom stereocenters. The van der Waals surface area contributed by atoms with Crippen molar-refractivity contribution >= 4 is 11.9 Å². The zero-order valence-electron chi connectivity index (χ0n) is 14.4. The zero-order valence-corrected chi connectivity index (χ0v) is 14.4. The number of esters is 1. The Bertz CT molecular complexity index is 598. The van der Waals surface area contributed by atoms with Crippen LogP contribution < -0.4 is 5.32 Å². The molecule has 0 aliphatic heterocycles. The van der Waals surface area contributed by atoms with E-state index in [2.05, 4.69) is 24.4 Å². The predicted octanol–water partition coefficient (Wildman–Crippen LogP) is 3.02. The van der Waals surface area contributed by atoms with Gasteiger partial charge in [0, 0.05) is 13.0 Å². The van der Waals surface area contributed by atoms with Gasteiger partial charge in [0.25, 0.3) is 5.91 Å². The molecule has 2 bridgehead atoms. The molecule has 4 heteroatoms. The lowest BCUT2D eigenvalue weighted by Crippen LogP contribution is -2.31. The molecule has 0 aromatic heterocycles. The topological polar surface area (TPSA) is 55.4 Å². The van der Waals surface area contributed by atoms with Gasteiger partial charge in [0.05, 0.1) is 0 Å². The van der Waals surface area contributed by atoms with Crippen molar-refractivity contribution in [2.45, 2.75) is 45.4 Å². The van der Waals surface area contributed by atoms with E-state index in [0.717, 1.165) is 12.3 Å². The Labute approximate surface area is 144 Å². The molecule has 3 rings (SSSR count). The highest BCUT2D eigenvalue weighted by atomic mass is 16.5. The van der Waals surface area contributed by atoms with Crippen molar-refractivity contribution in [3.63, 3.8) is 0 Å². The molecule has 0 saturated heterocycles. The SMILES string of the molecule is Cc1ccccc1CCNC(=O)COC(=O)C[C@@H]1C[C@H]2CC[C@@H]1C2. The van der Waals surface area contributed by atoms with Gasteiger partial charge >= 0.3 is 5.97 Å². The lowest BCUT2D eigenvalue weighted by atomic mass is 9.86. The van der Waals surface area contributed by atoms with Gasteiger partial charge in [0.1, 0.15) is 0 Å². The van der Waals surface area contributed by atoms with Crippen molar-refractivity contribution in [3.05, 3.63) is 35.4 Å². The fourth-order valence-corrected chi connectivity index (χ4v) is 4.32. The summed E-state index contributed by atoms with van der Waals surface area (Å²) in [5.74, 6) is 1.59. The van der Waals surface area contributed by atoms with E-state index in [0.29, 0.717) is 24.8 Å². The minimum absolute atomic E-state index is 0.159. The lowest BCUT2D eigenvalue weighted by molar-refractivity contribution is -0.149. The molecule has 1 aromatic rings. The summed E-state index contributed by atoms with van der Waals surface area (Å²) >= 11 is 0. The minimum atomic E-state index is -0.221. The van der Waals surface area contributed by atoms with E-state index in [9.17, 15) is 9.59 Å². The summed E-state index contributed by atoms with van der Waals surface area (Å²) in [6.45, 7) is 2.47. The Kier molecular flexibility index (Phi) is 5.54. The number of benzene rings is 1. The first-order valence-electron chi connectivity index (χ1n) is 9.08. The van der Waals surface area contributed by atoms with Crippen LogP contribution in [-0.4, -0.2) is 25.0 Å². The van der Waals surface area contributed by atoms with E-state index in [1.165, 1.54) is 36.8 Å². The molecule has 2 aliphatic carbocycles. The van der Waals surface area contributed by atoms with Crippen molar-refractivity contribution in [2.24, 2.45) is 17.8 Å². The molecule has 2 aliphatic rings. The maximum atomic E-state index is 11.9. The first-order chi connectivity index (χ1) is 11.6. The van der Waals surface area contributed by atoms with Crippen molar-refractivity contribution < 1.29 is 14.3 Å². The Morgan fingerprint density at radius 3 is 2.75 bits per heavy atom. The Morgan fingerprint density at radius 1 is 1.21 bits per heavy atom. The number of hydrogen-bond donors (Lipinski definition) is 1. The summed E-state index contributed by atoms with van der Waals surface area (Å²) in [6, 6.07) is 8.14. The summed E-state index contributed by atoms with van der Waals surface area (Å²) in [4.78, 5) is 23.7. The van der Waals surface area contributed by atoms with E-state index < -0.39 is 0 Å². The van der Waals surface area contributed by atoms with Gasteiger partial charge in [-0.15, -0.1) is 0 Å². The van der Waals surface area contributed by atoms with Gasteiger partial charge in [-0.1, -0.05) is 30.7 Å².